The minimum Gasteiger partial charge on any atom is -0.298 e. The van der Waals surface area contributed by atoms with Gasteiger partial charge in [0, 0.05) is 30.4 Å². The molecule has 0 radical (unpaired) electrons. The summed E-state index contributed by atoms with van der Waals surface area (Å²) >= 11 is 0. The summed E-state index contributed by atoms with van der Waals surface area (Å²) in [7, 11) is 2.11. The molecule has 0 aliphatic heterocycles. The van der Waals surface area contributed by atoms with Gasteiger partial charge in [0.05, 0.1) is 0 Å². The first-order valence-electron chi connectivity index (χ1n) is 8.28. The van der Waals surface area contributed by atoms with Crippen molar-refractivity contribution in [2.45, 2.75) is 13.1 Å². The van der Waals surface area contributed by atoms with Gasteiger partial charge in [0.25, 0.3) is 0 Å². The molecule has 0 saturated heterocycles. The highest BCUT2D eigenvalue weighted by Gasteiger charge is 2.11. The molecular formula is C20H19N5. The number of hydrogen-bond acceptors (Lipinski definition) is 4. The van der Waals surface area contributed by atoms with Crippen LogP contribution in [0.25, 0.3) is 16.8 Å². The summed E-state index contributed by atoms with van der Waals surface area (Å²) in [6.07, 6.45) is 1.98. The quantitative estimate of drug-likeness (QED) is 0.563. The number of hydrogen-bond donors (Lipinski definition) is 0. The maximum absolute atomic E-state index is 4.19. The molecule has 2 aromatic carbocycles. The van der Waals surface area contributed by atoms with Crippen molar-refractivity contribution in [2.24, 2.45) is 0 Å². The van der Waals surface area contributed by atoms with Gasteiger partial charge in [-0.25, -0.2) is 0 Å². The molecular weight excluding hydrogens is 310 g/mol. The second kappa shape index (κ2) is 6.83. The van der Waals surface area contributed by atoms with E-state index in [1.165, 1.54) is 5.56 Å². The van der Waals surface area contributed by atoms with Crippen LogP contribution in [0.15, 0.2) is 72.9 Å². The lowest BCUT2D eigenvalue weighted by atomic mass is 10.1. The number of tetrazole rings is 1. The van der Waals surface area contributed by atoms with Crippen LogP contribution >= 0.6 is 0 Å². The van der Waals surface area contributed by atoms with Crippen molar-refractivity contribution in [3.8, 4) is 11.1 Å². The van der Waals surface area contributed by atoms with Crippen LogP contribution in [0.5, 0.6) is 0 Å². The van der Waals surface area contributed by atoms with E-state index in [4.69, 9.17) is 0 Å². The van der Waals surface area contributed by atoms with Gasteiger partial charge in [-0.1, -0.05) is 60.7 Å². The summed E-state index contributed by atoms with van der Waals surface area (Å²) in [5.41, 5.74) is 5.49. The normalized spacial score (nSPS) is 11.3. The minimum atomic E-state index is 0.777. The zero-order valence-electron chi connectivity index (χ0n) is 14.1. The zero-order chi connectivity index (χ0) is 17.1. The van der Waals surface area contributed by atoms with E-state index < -0.39 is 0 Å². The molecule has 5 nitrogen and oxygen atoms in total. The first-order valence-corrected chi connectivity index (χ1v) is 8.28. The monoisotopic (exact) mass is 329 g/mol. The van der Waals surface area contributed by atoms with Crippen LogP contribution in [0.2, 0.25) is 0 Å². The maximum Gasteiger partial charge on any atom is 0.183 e. The molecule has 0 amide bonds. The van der Waals surface area contributed by atoms with Gasteiger partial charge in [0.15, 0.2) is 5.65 Å². The molecule has 4 rings (SSSR count). The first kappa shape index (κ1) is 15.5. The van der Waals surface area contributed by atoms with Gasteiger partial charge in [-0.2, -0.15) is 4.52 Å². The van der Waals surface area contributed by atoms with Gasteiger partial charge >= 0.3 is 0 Å². The highest BCUT2D eigenvalue weighted by molar-refractivity contribution is 5.66. The van der Waals surface area contributed by atoms with Crippen molar-refractivity contribution < 1.29 is 0 Å². The Morgan fingerprint density at radius 3 is 2.36 bits per heavy atom. The van der Waals surface area contributed by atoms with Gasteiger partial charge in [-0.15, -0.1) is 5.10 Å². The Hall–Kier alpha value is -3.05. The van der Waals surface area contributed by atoms with Crippen molar-refractivity contribution in [2.75, 3.05) is 7.05 Å². The average Bonchev–Trinajstić information content (AvgIpc) is 3.12. The molecule has 0 bridgehead atoms. The third-order valence-corrected chi connectivity index (χ3v) is 4.21. The topological polar surface area (TPSA) is 46.3 Å². The molecule has 0 spiro atoms. The number of fused-ring (bicyclic) bond motifs is 1. The third kappa shape index (κ3) is 3.41. The molecule has 0 aliphatic carbocycles. The average molecular weight is 329 g/mol. The molecule has 0 atom stereocenters. The Labute approximate surface area is 146 Å². The molecule has 4 aromatic rings. The fourth-order valence-electron chi connectivity index (χ4n) is 3.06. The van der Waals surface area contributed by atoms with E-state index in [9.17, 15) is 0 Å². The molecule has 25 heavy (non-hydrogen) atoms. The fourth-order valence-corrected chi connectivity index (χ4v) is 3.06. The standard InChI is InChI=1S/C20H19N5/c1-24(13-16-8-4-2-5-9-16)14-19-12-18(17-10-6-3-7-11-17)15-25-20(19)21-22-23-25/h2-12,15H,13-14H2,1H3. The predicted molar refractivity (Wildman–Crippen MR) is 97.8 cm³/mol. The van der Waals surface area contributed by atoms with Crippen molar-refractivity contribution >= 4 is 5.65 Å². The number of aromatic nitrogens is 4. The summed E-state index contributed by atoms with van der Waals surface area (Å²) < 4.78 is 1.76. The van der Waals surface area contributed by atoms with Crippen molar-refractivity contribution in [3.05, 3.63) is 84.1 Å². The first-order chi connectivity index (χ1) is 12.3. The predicted octanol–water partition coefficient (Wildman–Crippen LogP) is 3.42. The van der Waals surface area contributed by atoms with Crippen molar-refractivity contribution in [1.29, 1.82) is 0 Å². The molecule has 0 aliphatic rings. The fraction of sp³-hybridized carbons (Fsp3) is 0.150. The lowest BCUT2D eigenvalue weighted by Gasteiger charge is -2.17. The molecule has 2 heterocycles. The zero-order valence-corrected chi connectivity index (χ0v) is 14.1. The van der Waals surface area contributed by atoms with Gasteiger partial charge in [-0.3, -0.25) is 4.90 Å². The number of pyridine rings is 1. The Bertz CT molecular complexity index is 963. The molecule has 0 fully saturated rings. The molecule has 2 aromatic heterocycles. The van der Waals surface area contributed by atoms with E-state index >= 15 is 0 Å². The van der Waals surface area contributed by atoms with Crippen LogP contribution < -0.4 is 0 Å². The Morgan fingerprint density at radius 1 is 0.880 bits per heavy atom. The van der Waals surface area contributed by atoms with Gasteiger partial charge < -0.3 is 0 Å². The van der Waals surface area contributed by atoms with Crippen LogP contribution in [0.3, 0.4) is 0 Å². The molecule has 124 valence electrons. The highest BCUT2D eigenvalue weighted by atomic mass is 15.5. The molecule has 0 unspecified atom stereocenters. The summed E-state index contributed by atoms with van der Waals surface area (Å²) in [5.74, 6) is 0. The second-order valence-corrected chi connectivity index (χ2v) is 6.22. The van der Waals surface area contributed by atoms with Crippen LogP contribution in [-0.2, 0) is 13.1 Å². The summed E-state index contributed by atoms with van der Waals surface area (Å²) in [4.78, 5) is 2.27. The lowest BCUT2D eigenvalue weighted by molar-refractivity contribution is 0.319. The molecule has 0 saturated carbocycles. The largest absolute Gasteiger partial charge is 0.298 e. The second-order valence-electron chi connectivity index (χ2n) is 6.22. The minimum absolute atomic E-state index is 0.777. The van der Waals surface area contributed by atoms with E-state index in [-0.39, 0.29) is 0 Å². The van der Waals surface area contributed by atoms with Crippen LogP contribution in [0.4, 0.5) is 0 Å². The number of rotatable bonds is 5. The van der Waals surface area contributed by atoms with Crippen molar-refractivity contribution in [3.63, 3.8) is 0 Å². The third-order valence-electron chi connectivity index (χ3n) is 4.21. The number of benzene rings is 2. The van der Waals surface area contributed by atoms with Crippen LogP contribution in [0, 0.1) is 0 Å². The summed E-state index contributed by atoms with van der Waals surface area (Å²) in [6.45, 7) is 1.66. The molecule has 0 N–H and O–H groups in total. The Kier molecular flexibility index (Phi) is 4.23. The van der Waals surface area contributed by atoms with Crippen LogP contribution in [0.1, 0.15) is 11.1 Å². The lowest BCUT2D eigenvalue weighted by Crippen LogP contribution is -2.18. The van der Waals surface area contributed by atoms with E-state index in [1.807, 2.05) is 30.5 Å². The number of nitrogens with zero attached hydrogens (tertiary/aromatic N) is 5. The Morgan fingerprint density at radius 2 is 1.60 bits per heavy atom. The maximum atomic E-state index is 4.19. The van der Waals surface area contributed by atoms with E-state index in [1.54, 1.807) is 4.52 Å². The smallest absolute Gasteiger partial charge is 0.183 e. The van der Waals surface area contributed by atoms with Gasteiger partial charge in [0.1, 0.15) is 0 Å². The van der Waals surface area contributed by atoms with Gasteiger partial charge in [0.2, 0.25) is 0 Å². The van der Waals surface area contributed by atoms with E-state index in [2.05, 4.69) is 69.9 Å². The van der Waals surface area contributed by atoms with Crippen LogP contribution in [-0.4, -0.2) is 32.0 Å². The Balaban J connectivity index is 1.65. The summed E-state index contributed by atoms with van der Waals surface area (Å²) in [5, 5.41) is 12.1. The van der Waals surface area contributed by atoms with Gasteiger partial charge in [-0.05, 0) is 34.7 Å². The highest BCUT2D eigenvalue weighted by Crippen LogP contribution is 2.22. The van der Waals surface area contributed by atoms with E-state index in [0.29, 0.717) is 0 Å². The molecule has 5 heteroatoms. The summed E-state index contributed by atoms with van der Waals surface area (Å²) in [6, 6.07) is 23.0. The van der Waals surface area contributed by atoms with E-state index in [0.717, 1.165) is 35.4 Å². The SMILES string of the molecule is CN(Cc1ccccc1)Cc1cc(-c2ccccc2)cn2nnnc12. The van der Waals surface area contributed by atoms with Crippen molar-refractivity contribution in [1.82, 2.24) is 24.9 Å².